The lowest BCUT2D eigenvalue weighted by atomic mass is 10.1. The smallest absolute Gasteiger partial charge is 0.162 e. The number of rotatable bonds is 4. The summed E-state index contributed by atoms with van der Waals surface area (Å²) in [5, 5.41) is 9.40. The molecule has 3 N–H and O–H groups in total. The van der Waals surface area contributed by atoms with Crippen LogP contribution in [0.3, 0.4) is 0 Å². The molecule has 0 aliphatic rings. The first kappa shape index (κ1) is 12.1. The van der Waals surface area contributed by atoms with Crippen LogP contribution in [-0.2, 0) is 0 Å². The van der Waals surface area contributed by atoms with Crippen LogP contribution in [0.15, 0.2) is 12.1 Å². The Labute approximate surface area is 93.6 Å². The largest absolute Gasteiger partial charge is 0.493 e. The highest BCUT2D eigenvalue weighted by Gasteiger charge is 2.14. The van der Waals surface area contributed by atoms with E-state index in [2.05, 4.69) is 0 Å². The lowest BCUT2D eigenvalue weighted by molar-refractivity contribution is 0.267. The van der Waals surface area contributed by atoms with Gasteiger partial charge in [-0.25, -0.2) is 0 Å². The first-order valence-corrected chi connectivity index (χ1v) is 4.79. The van der Waals surface area contributed by atoms with Crippen molar-refractivity contribution in [3.05, 3.63) is 22.7 Å². The maximum absolute atomic E-state index is 8.95. The molecule has 1 aromatic carbocycles. The highest BCUT2D eigenvalue weighted by molar-refractivity contribution is 6.31. The van der Waals surface area contributed by atoms with Crippen molar-refractivity contribution in [2.45, 2.75) is 6.04 Å². The summed E-state index contributed by atoms with van der Waals surface area (Å²) in [5.74, 6) is 1.08. The van der Waals surface area contributed by atoms with E-state index in [1.807, 2.05) is 0 Å². The fourth-order valence-corrected chi connectivity index (χ4v) is 1.55. The monoisotopic (exact) mass is 231 g/mol. The van der Waals surface area contributed by atoms with E-state index in [-0.39, 0.29) is 6.61 Å². The van der Waals surface area contributed by atoms with Crippen molar-refractivity contribution in [2.75, 3.05) is 20.8 Å². The Balaban J connectivity index is 3.19. The summed E-state index contributed by atoms with van der Waals surface area (Å²) in [6, 6.07) is 2.77. The van der Waals surface area contributed by atoms with Crippen LogP contribution in [0.5, 0.6) is 11.5 Å². The zero-order valence-electron chi connectivity index (χ0n) is 8.66. The van der Waals surface area contributed by atoms with Crippen LogP contribution in [0.4, 0.5) is 0 Å². The normalized spacial score (nSPS) is 12.3. The maximum Gasteiger partial charge on any atom is 0.162 e. The van der Waals surface area contributed by atoms with Crippen molar-refractivity contribution >= 4 is 11.6 Å². The lowest BCUT2D eigenvalue weighted by Crippen LogP contribution is -2.15. The molecule has 1 atom stereocenters. The van der Waals surface area contributed by atoms with E-state index in [1.54, 1.807) is 12.1 Å². The van der Waals surface area contributed by atoms with Crippen molar-refractivity contribution in [3.8, 4) is 11.5 Å². The van der Waals surface area contributed by atoms with Crippen molar-refractivity contribution in [1.82, 2.24) is 0 Å². The number of halogens is 1. The second-order valence-electron chi connectivity index (χ2n) is 3.02. The molecular formula is C10H14ClNO3. The second-order valence-corrected chi connectivity index (χ2v) is 3.42. The fraction of sp³-hybridized carbons (Fsp3) is 0.400. The Hall–Kier alpha value is -0.970. The Morgan fingerprint density at radius 2 is 1.87 bits per heavy atom. The molecule has 0 spiro atoms. The molecule has 0 aliphatic heterocycles. The molecule has 5 heteroatoms. The van der Waals surface area contributed by atoms with Gasteiger partial charge in [0, 0.05) is 11.1 Å². The van der Waals surface area contributed by atoms with Crippen LogP contribution in [0.2, 0.25) is 5.02 Å². The van der Waals surface area contributed by atoms with E-state index in [1.165, 1.54) is 14.2 Å². The van der Waals surface area contributed by atoms with Crippen LogP contribution in [0, 0.1) is 0 Å². The van der Waals surface area contributed by atoms with Crippen molar-refractivity contribution in [1.29, 1.82) is 0 Å². The average Bonchev–Trinajstić information content (AvgIpc) is 2.27. The zero-order valence-corrected chi connectivity index (χ0v) is 9.41. The van der Waals surface area contributed by atoms with E-state index in [9.17, 15) is 0 Å². The maximum atomic E-state index is 8.95. The molecular weight excluding hydrogens is 218 g/mol. The molecule has 0 saturated heterocycles. The first-order chi connectivity index (χ1) is 7.13. The predicted octanol–water partition coefficient (Wildman–Crippen LogP) is 1.35. The lowest BCUT2D eigenvalue weighted by Gasteiger charge is -2.14. The quantitative estimate of drug-likeness (QED) is 0.821. The van der Waals surface area contributed by atoms with Gasteiger partial charge in [-0.15, -0.1) is 0 Å². The molecule has 1 rings (SSSR count). The second kappa shape index (κ2) is 5.21. The van der Waals surface area contributed by atoms with Gasteiger partial charge in [0.05, 0.1) is 26.9 Å². The molecule has 0 aromatic heterocycles. The van der Waals surface area contributed by atoms with Gasteiger partial charge in [-0.2, -0.15) is 0 Å². The highest BCUT2D eigenvalue weighted by Crippen LogP contribution is 2.35. The van der Waals surface area contributed by atoms with Gasteiger partial charge in [0.1, 0.15) is 0 Å². The van der Waals surface area contributed by atoms with Gasteiger partial charge in [-0.05, 0) is 11.6 Å². The number of methoxy groups -OCH3 is 2. The van der Waals surface area contributed by atoms with Crippen LogP contribution < -0.4 is 15.2 Å². The van der Waals surface area contributed by atoms with E-state index in [0.29, 0.717) is 22.1 Å². The molecule has 4 nitrogen and oxygen atoms in total. The summed E-state index contributed by atoms with van der Waals surface area (Å²) >= 11 is 5.98. The van der Waals surface area contributed by atoms with Gasteiger partial charge < -0.3 is 20.3 Å². The van der Waals surface area contributed by atoms with Crippen LogP contribution in [-0.4, -0.2) is 25.9 Å². The fourth-order valence-electron chi connectivity index (χ4n) is 1.25. The Bertz CT molecular complexity index is 344. The summed E-state index contributed by atoms with van der Waals surface area (Å²) in [5.41, 5.74) is 6.32. The van der Waals surface area contributed by atoms with Gasteiger partial charge in [0.15, 0.2) is 11.5 Å². The van der Waals surface area contributed by atoms with Crippen molar-refractivity contribution < 1.29 is 14.6 Å². The third-order valence-electron chi connectivity index (χ3n) is 2.10. The predicted molar refractivity (Wildman–Crippen MR) is 58.6 cm³/mol. The van der Waals surface area contributed by atoms with Gasteiger partial charge in [0.25, 0.3) is 0 Å². The van der Waals surface area contributed by atoms with E-state index < -0.39 is 6.04 Å². The summed E-state index contributed by atoms with van der Waals surface area (Å²) in [6.07, 6.45) is 0. The van der Waals surface area contributed by atoms with E-state index in [4.69, 9.17) is 31.9 Å². The topological polar surface area (TPSA) is 64.7 Å². The summed E-state index contributed by atoms with van der Waals surface area (Å²) in [6.45, 7) is -0.171. The minimum Gasteiger partial charge on any atom is -0.493 e. The number of aliphatic hydroxyl groups excluding tert-OH is 1. The van der Waals surface area contributed by atoms with Crippen LogP contribution in [0.25, 0.3) is 0 Å². The third-order valence-corrected chi connectivity index (χ3v) is 2.43. The molecule has 0 saturated carbocycles. The van der Waals surface area contributed by atoms with Gasteiger partial charge in [-0.3, -0.25) is 0 Å². The molecule has 0 bridgehead atoms. The van der Waals surface area contributed by atoms with E-state index >= 15 is 0 Å². The molecule has 0 fully saturated rings. The first-order valence-electron chi connectivity index (χ1n) is 4.41. The summed E-state index contributed by atoms with van der Waals surface area (Å²) in [4.78, 5) is 0. The highest BCUT2D eigenvalue weighted by atomic mass is 35.5. The minimum absolute atomic E-state index is 0.171. The number of benzene rings is 1. The Kier molecular flexibility index (Phi) is 4.20. The average molecular weight is 232 g/mol. The molecule has 0 radical (unpaired) electrons. The number of aliphatic hydroxyl groups is 1. The van der Waals surface area contributed by atoms with Gasteiger partial charge in [-0.1, -0.05) is 11.6 Å². The molecule has 84 valence electrons. The standard InChI is InChI=1S/C10H14ClNO3/c1-14-9-3-6(8(12)5-13)7(11)4-10(9)15-2/h3-4,8,13H,5,12H2,1-2H3. The molecule has 0 aliphatic carbocycles. The van der Waals surface area contributed by atoms with Crippen LogP contribution >= 0.6 is 11.6 Å². The van der Waals surface area contributed by atoms with Gasteiger partial charge in [0.2, 0.25) is 0 Å². The zero-order chi connectivity index (χ0) is 11.4. The minimum atomic E-state index is -0.516. The van der Waals surface area contributed by atoms with Crippen molar-refractivity contribution in [3.63, 3.8) is 0 Å². The molecule has 15 heavy (non-hydrogen) atoms. The Morgan fingerprint density at radius 1 is 1.33 bits per heavy atom. The number of ether oxygens (including phenoxy) is 2. The number of hydrogen-bond acceptors (Lipinski definition) is 4. The molecule has 0 heterocycles. The number of hydrogen-bond donors (Lipinski definition) is 2. The summed E-state index contributed by atoms with van der Waals surface area (Å²) < 4.78 is 10.2. The SMILES string of the molecule is COc1cc(Cl)c(C(N)CO)cc1OC. The molecule has 0 amide bonds. The van der Waals surface area contributed by atoms with Crippen LogP contribution in [0.1, 0.15) is 11.6 Å². The number of nitrogens with two attached hydrogens (primary N) is 1. The Morgan fingerprint density at radius 3 is 2.33 bits per heavy atom. The molecule has 1 unspecified atom stereocenters. The van der Waals surface area contributed by atoms with Gasteiger partial charge >= 0.3 is 0 Å². The van der Waals surface area contributed by atoms with Crippen molar-refractivity contribution in [2.24, 2.45) is 5.73 Å². The third kappa shape index (κ3) is 2.53. The summed E-state index contributed by atoms with van der Waals surface area (Å²) in [7, 11) is 3.06. The van der Waals surface area contributed by atoms with E-state index in [0.717, 1.165) is 0 Å². The molecule has 1 aromatic rings.